The molecule has 1 amide bonds. The van der Waals surface area contributed by atoms with Crippen LogP contribution in [-0.4, -0.2) is 28.9 Å². The zero-order chi connectivity index (χ0) is 12.3. The minimum Gasteiger partial charge on any atom is -0.456 e. The van der Waals surface area contributed by atoms with Gasteiger partial charge in [0.05, 0.1) is 4.99 Å². The van der Waals surface area contributed by atoms with Crippen LogP contribution in [0.15, 0.2) is 16.5 Å². The molecule has 1 atom stereocenters. The number of hydrogen-bond acceptors (Lipinski definition) is 3. The molecule has 0 fully saturated rings. The fraction of sp³-hybridized carbons (Fsp3) is 0.455. The summed E-state index contributed by atoms with van der Waals surface area (Å²) in [7, 11) is 1.71. The van der Waals surface area contributed by atoms with Crippen LogP contribution < -0.4 is 5.73 Å². The Hall–Kier alpha value is -1.36. The third-order valence-electron chi connectivity index (χ3n) is 2.43. The molecule has 0 spiro atoms. The van der Waals surface area contributed by atoms with Crippen molar-refractivity contribution < 1.29 is 9.21 Å². The molecule has 4 nitrogen and oxygen atoms in total. The lowest BCUT2D eigenvalue weighted by Gasteiger charge is -2.23. The van der Waals surface area contributed by atoms with Crippen LogP contribution >= 0.6 is 12.2 Å². The average molecular weight is 240 g/mol. The first kappa shape index (κ1) is 12.7. The van der Waals surface area contributed by atoms with Gasteiger partial charge in [0, 0.05) is 19.5 Å². The lowest BCUT2D eigenvalue weighted by atomic mass is 10.2. The number of rotatable bonds is 4. The van der Waals surface area contributed by atoms with E-state index < -0.39 is 0 Å². The lowest BCUT2D eigenvalue weighted by Crippen LogP contribution is -2.37. The van der Waals surface area contributed by atoms with E-state index in [9.17, 15) is 4.79 Å². The molecule has 0 aliphatic rings. The van der Waals surface area contributed by atoms with E-state index in [1.54, 1.807) is 31.0 Å². The maximum Gasteiger partial charge on any atom is 0.289 e. The Morgan fingerprint density at radius 2 is 2.25 bits per heavy atom. The van der Waals surface area contributed by atoms with E-state index >= 15 is 0 Å². The summed E-state index contributed by atoms with van der Waals surface area (Å²) in [5.41, 5.74) is 5.44. The average Bonchev–Trinajstić information content (AvgIpc) is 2.61. The summed E-state index contributed by atoms with van der Waals surface area (Å²) in [5.74, 6) is 0.908. The van der Waals surface area contributed by atoms with Gasteiger partial charge in [0.2, 0.25) is 0 Å². The van der Waals surface area contributed by atoms with Crippen LogP contribution in [-0.2, 0) is 0 Å². The van der Waals surface area contributed by atoms with Gasteiger partial charge < -0.3 is 15.1 Å². The van der Waals surface area contributed by atoms with E-state index in [2.05, 4.69) is 0 Å². The summed E-state index contributed by atoms with van der Waals surface area (Å²) < 4.78 is 5.27. The highest BCUT2D eigenvalue weighted by molar-refractivity contribution is 7.80. The van der Waals surface area contributed by atoms with Crippen molar-refractivity contribution in [1.82, 2.24) is 4.90 Å². The van der Waals surface area contributed by atoms with Crippen molar-refractivity contribution >= 4 is 23.1 Å². The van der Waals surface area contributed by atoms with Crippen LogP contribution in [0.4, 0.5) is 0 Å². The number of hydrogen-bond donors (Lipinski definition) is 1. The first-order chi connectivity index (χ1) is 7.41. The lowest BCUT2D eigenvalue weighted by molar-refractivity contribution is 0.0714. The van der Waals surface area contributed by atoms with Crippen LogP contribution in [0.25, 0.3) is 0 Å². The highest BCUT2D eigenvalue weighted by Gasteiger charge is 2.20. The Morgan fingerprint density at radius 3 is 2.69 bits per heavy atom. The van der Waals surface area contributed by atoms with Gasteiger partial charge in [-0.2, -0.15) is 0 Å². The number of amides is 1. The largest absolute Gasteiger partial charge is 0.456 e. The molecule has 16 heavy (non-hydrogen) atoms. The van der Waals surface area contributed by atoms with E-state index in [0.717, 1.165) is 5.76 Å². The Balaban J connectivity index is 2.70. The summed E-state index contributed by atoms with van der Waals surface area (Å²) in [6.07, 6.45) is 0.511. The summed E-state index contributed by atoms with van der Waals surface area (Å²) in [6.45, 7) is 3.70. The number of thiocarbonyl (C=S) groups is 1. The van der Waals surface area contributed by atoms with Gasteiger partial charge in [-0.15, -0.1) is 0 Å². The van der Waals surface area contributed by atoms with Gasteiger partial charge in [0.1, 0.15) is 5.76 Å². The fourth-order valence-electron chi connectivity index (χ4n) is 1.35. The number of nitrogens with two attached hydrogens (primary N) is 1. The van der Waals surface area contributed by atoms with E-state index in [0.29, 0.717) is 17.2 Å². The summed E-state index contributed by atoms with van der Waals surface area (Å²) in [4.78, 5) is 13.9. The zero-order valence-electron chi connectivity index (χ0n) is 9.69. The predicted molar refractivity (Wildman–Crippen MR) is 66.4 cm³/mol. The predicted octanol–water partition coefficient (Wildman–Crippen LogP) is 1.72. The van der Waals surface area contributed by atoms with Crippen molar-refractivity contribution in [2.75, 3.05) is 7.05 Å². The number of furan rings is 1. The molecule has 0 aliphatic carbocycles. The van der Waals surface area contributed by atoms with Crippen molar-refractivity contribution in [3.8, 4) is 0 Å². The number of carbonyl (C=O) groups is 1. The Kier molecular flexibility index (Phi) is 4.06. The quantitative estimate of drug-likeness (QED) is 0.814. The normalized spacial score (nSPS) is 12.2. The van der Waals surface area contributed by atoms with Crippen molar-refractivity contribution in [1.29, 1.82) is 0 Å². The molecule has 1 heterocycles. The molecule has 1 aromatic heterocycles. The highest BCUT2D eigenvalue weighted by atomic mass is 32.1. The van der Waals surface area contributed by atoms with Crippen molar-refractivity contribution in [3.05, 3.63) is 23.7 Å². The van der Waals surface area contributed by atoms with Crippen molar-refractivity contribution in [3.63, 3.8) is 0 Å². The second kappa shape index (κ2) is 5.12. The second-order valence-corrected chi connectivity index (χ2v) is 4.37. The molecule has 1 rings (SSSR count). The van der Waals surface area contributed by atoms with Crippen LogP contribution in [0.5, 0.6) is 0 Å². The van der Waals surface area contributed by atoms with Crippen molar-refractivity contribution in [2.24, 2.45) is 5.73 Å². The van der Waals surface area contributed by atoms with Gasteiger partial charge in [-0.05, 0) is 26.0 Å². The van der Waals surface area contributed by atoms with Gasteiger partial charge in [0.15, 0.2) is 5.76 Å². The number of nitrogens with zero attached hydrogens (tertiary/aromatic N) is 1. The fourth-order valence-corrected chi connectivity index (χ4v) is 1.59. The van der Waals surface area contributed by atoms with Crippen molar-refractivity contribution in [2.45, 2.75) is 26.3 Å². The Morgan fingerprint density at radius 1 is 1.62 bits per heavy atom. The molecule has 2 N–H and O–H groups in total. The first-order valence-corrected chi connectivity index (χ1v) is 5.44. The summed E-state index contributed by atoms with van der Waals surface area (Å²) in [6, 6.07) is 3.40. The summed E-state index contributed by atoms with van der Waals surface area (Å²) >= 11 is 4.81. The molecule has 0 aliphatic heterocycles. The van der Waals surface area contributed by atoms with Crippen LogP contribution in [0.3, 0.4) is 0 Å². The van der Waals surface area contributed by atoms with Gasteiger partial charge in [-0.25, -0.2) is 0 Å². The molecule has 0 saturated carbocycles. The Bertz CT molecular complexity index is 400. The van der Waals surface area contributed by atoms with Gasteiger partial charge in [-0.1, -0.05) is 12.2 Å². The van der Waals surface area contributed by atoms with E-state index in [-0.39, 0.29) is 11.9 Å². The Labute approximate surface area is 100 Å². The zero-order valence-corrected chi connectivity index (χ0v) is 10.5. The molecular weight excluding hydrogens is 224 g/mol. The minimum absolute atomic E-state index is 0.0320. The monoisotopic (exact) mass is 240 g/mol. The minimum atomic E-state index is -0.156. The maximum atomic E-state index is 11.9. The van der Waals surface area contributed by atoms with Crippen LogP contribution in [0, 0.1) is 6.92 Å². The standard InChI is InChI=1S/C11H16N2O2S/c1-7(6-10(12)16)13(3)11(14)9-5-4-8(2)15-9/h4-5,7H,6H2,1-3H3,(H2,12,16). The molecule has 0 aromatic carbocycles. The molecule has 1 aromatic rings. The molecule has 5 heteroatoms. The maximum absolute atomic E-state index is 11.9. The van der Waals surface area contributed by atoms with E-state index in [1.165, 1.54) is 0 Å². The molecule has 0 radical (unpaired) electrons. The highest BCUT2D eigenvalue weighted by Crippen LogP contribution is 2.11. The van der Waals surface area contributed by atoms with E-state index in [4.69, 9.17) is 22.4 Å². The summed E-state index contributed by atoms with van der Waals surface area (Å²) in [5, 5.41) is 0. The smallest absolute Gasteiger partial charge is 0.289 e. The number of carbonyl (C=O) groups excluding carboxylic acids is 1. The van der Waals surface area contributed by atoms with E-state index in [1.807, 2.05) is 6.92 Å². The van der Waals surface area contributed by atoms with Crippen LogP contribution in [0.2, 0.25) is 0 Å². The molecule has 88 valence electrons. The SMILES string of the molecule is Cc1ccc(C(=O)N(C)C(C)CC(N)=S)o1. The topological polar surface area (TPSA) is 59.5 Å². The molecule has 1 unspecified atom stereocenters. The van der Waals surface area contributed by atoms with Crippen LogP contribution in [0.1, 0.15) is 29.7 Å². The molecule has 0 saturated heterocycles. The molecule has 0 bridgehead atoms. The third kappa shape index (κ3) is 3.06. The van der Waals surface area contributed by atoms with Gasteiger partial charge in [-0.3, -0.25) is 4.79 Å². The first-order valence-electron chi connectivity index (χ1n) is 5.03. The second-order valence-electron chi connectivity index (χ2n) is 3.85. The third-order valence-corrected chi connectivity index (χ3v) is 2.60. The van der Waals surface area contributed by atoms with Gasteiger partial charge >= 0.3 is 0 Å². The molecular formula is C11H16N2O2S. The number of aryl methyl sites for hydroxylation is 1. The van der Waals surface area contributed by atoms with Gasteiger partial charge in [0.25, 0.3) is 5.91 Å².